The van der Waals surface area contributed by atoms with Gasteiger partial charge in [-0.05, 0) is 25.6 Å². The Morgan fingerprint density at radius 1 is 1.47 bits per heavy atom. The van der Waals surface area contributed by atoms with Crippen molar-refractivity contribution >= 4 is 5.69 Å². The quantitative estimate of drug-likeness (QED) is 0.850. The first-order chi connectivity index (χ1) is 8.02. The van der Waals surface area contributed by atoms with E-state index in [1.54, 1.807) is 30.1 Å². The van der Waals surface area contributed by atoms with Crippen LogP contribution in [-0.4, -0.2) is 25.7 Å². The summed E-state index contributed by atoms with van der Waals surface area (Å²) in [6.07, 6.45) is 0. The first kappa shape index (κ1) is 13.5. The molecule has 0 radical (unpaired) electrons. The van der Waals surface area contributed by atoms with Gasteiger partial charge in [-0.25, -0.2) is 4.39 Å². The number of halogens is 1. The fourth-order valence-electron chi connectivity index (χ4n) is 1.84. The van der Waals surface area contributed by atoms with E-state index in [2.05, 4.69) is 11.4 Å². The van der Waals surface area contributed by atoms with Gasteiger partial charge in [-0.1, -0.05) is 19.1 Å². The van der Waals surface area contributed by atoms with Crippen LogP contribution in [-0.2, 0) is 0 Å². The van der Waals surface area contributed by atoms with Crippen LogP contribution in [0.1, 0.15) is 13.8 Å². The summed E-state index contributed by atoms with van der Waals surface area (Å²) >= 11 is 0. The number of rotatable bonds is 5. The molecule has 1 rings (SSSR count). The molecule has 1 atom stereocenters. The molecule has 1 unspecified atom stereocenters. The van der Waals surface area contributed by atoms with Gasteiger partial charge in [0.25, 0.3) is 0 Å². The van der Waals surface area contributed by atoms with E-state index in [9.17, 15) is 4.39 Å². The number of hydrogen-bond donors (Lipinski definition) is 1. The predicted molar refractivity (Wildman–Crippen MR) is 67.4 cm³/mol. The highest BCUT2D eigenvalue weighted by Gasteiger charge is 2.25. The van der Waals surface area contributed by atoms with Crippen LogP contribution in [0.2, 0.25) is 0 Å². The number of nitrogens with one attached hydrogen (secondary N) is 1. The third-order valence-corrected chi connectivity index (χ3v) is 2.63. The van der Waals surface area contributed by atoms with Crippen molar-refractivity contribution in [1.29, 1.82) is 5.26 Å². The Kier molecular flexibility index (Phi) is 4.47. The van der Waals surface area contributed by atoms with Gasteiger partial charge < -0.3 is 4.90 Å². The van der Waals surface area contributed by atoms with E-state index in [1.165, 1.54) is 6.07 Å². The molecular formula is C13H18FN3. The zero-order valence-electron chi connectivity index (χ0n) is 10.5. The highest BCUT2D eigenvalue weighted by molar-refractivity contribution is 5.47. The lowest BCUT2D eigenvalue weighted by Gasteiger charge is -2.30. The van der Waals surface area contributed by atoms with Gasteiger partial charge in [0, 0.05) is 13.6 Å². The lowest BCUT2D eigenvalue weighted by molar-refractivity contribution is 0.460. The molecular weight excluding hydrogens is 217 g/mol. The van der Waals surface area contributed by atoms with Gasteiger partial charge in [-0.2, -0.15) is 5.26 Å². The molecule has 0 heterocycles. The van der Waals surface area contributed by atoms with Crippen LogP contribution in [0.25, 0.3) is 0 Å². The maximum absolute atomic E-state index is 13.6. The van der Waals surface area contributed by atoms with Crippen molar-refractivity contribution in [2.75, 3.05) is 25.0 Å². The van der Waals surface area contributed by atoms with Crippen LogP contribution >= 0.6 is 0 Å². The summed E-state index contributed by atoms with van der Waals surface area (Å²) in [5.74, 6) is -0.271. The number of nitriles is 1. The molecule has 1 aromatic carbocycles. The summed E-state index contributed by atoms with van der Waals surface area (Å²) in [5.41, 5.74) is -0.168. The zero-order chi connectivity index (χ0) is 12.9. The molecule has 1 aromatic rings. The van der Waals surface area contributed by atoms with Crippen LogP contribution in [0, 0.1) is 17.1 Å². The fourth-order valence-corrected chi connectivity index (χ4v) is 1.84. The topological polar surface area (TPSA) is 39.1 Å². The number of para-hydroxylation sites is 1. The van der Waals surface area contributed by atoms with E-state index in [1.807, 2.05) is 13.8 Å². The van der Waals surface area contributed by atoms with E-state index in [4.69, 9.17) is 5.26 Å². The van der Waals surface area contributed by atoms with E-state index < -0.39 is 5.54 Å². The van der Waals surface area contributed by atoms with Gasteiger partial charge in [0.1, 0.15) is 11.4 Å². The molecule has 1 N–H and O–H groups in total. The average molecular weight is 235 g/mol. The van der Waals surface area contributed by atoms with E-state index in [-0.39, 0.29) is 5.82 Å². The second kappa shape index (κ2) is 5.65. The molecule has 0 aromatic heterocycles. The Labute approximate surface area is 102 Å². The van der Waals surface area contributed by atoms with Crippen LogP contribution < -0.4 is 10.2 Å². The van der Waals surface area contributed by atoms with Gasteiger partial charge in [0.2, 0.25) is 0 Å². The maximum Gasteiger partial charge on any atom is 0.146 e. The minimum absolute atomic E-state index is 0.271. The lowest BCUT2D eigenvalue weighted by atomic mass is 10.0. The minimum Gasteiger partial charge on any atom is -0.369 e. The monoisotopic (exact) mass is 235 g/mol. The SMILES string of the molecule is CCNC(C)(C#N)CN(C)c1ccccc1F. The molecule has 0 spiro atoms. The van der Waals surface area contributed by atoms with Gasteiger partial charge >= 0.3 is 0 Å². The molecule has 3 nitrogen and oxygen atoms in total. The van der Waals surface area contributed by atoms with Crippen molar-refractivity contribution in [2.45, 2.75) is 19.4 Å². The highest BCUT2D eigenvalue weighted by Crippen LogP contribution is 2.19. The summed E-state index contributed by atoms with van der Waals surface area (Å²) in [5, 5.41) is 12.3. The van der Waals surface area contributed by atoms with Crippen molar-refractivity contribution in [1.82, 2.24) is 5.32 Å². The molecule has 0 aliphatic carbocycles. The van der Waals surface area contributed by atoms with Gasteiger partial charge in [0.15, 0.2) is 0 Å². The van der Waals surface area contributed by atoms with Gasteiger partial charge in [-0.15, -0.1) is 0 Å². The normalized spacial score (nSPS) is 13.8. The summed E-state index contributed by atoms with van der Waals surface area (Å²) < 4.78 is 13.6. The summed E-state index contributed by atoms with van der Waals surface area (Å²) in [6, 6.07) is 8.79. The van der Waals surface area contributed by atoms with Crippen molar-refractivity contribution in [3.05, 3.63) is 30.1 Å². The molecule has 0 bridgehead atoms. The molecule has 0 aliphatic rings. The molecule has 4 heteroatoms. The zero-order valence-corrected chi connectivity index (χ0v) is 10.5. The number of anilines is 1. The molecule has 17 heavy (non-hydrogen) atoms. The molecule has 0 fully saturated rings. The van der Waals surface area contributed by atoms with Crippen LogP contribution in [0.3, 0.4) is 0 Å². The summed E-state index contributed by atoms with van der Waals surface area (Å²) in [4.78, 5) is 1.75. The van der Waals surface area contributed by atoms with Gasteiger partial charge in [0.05, 0.1) is 11.8 Å². The summed E-state index contributed by atoms with van der Waals surface area (Å²) in [6.45, 7) is 4.89. The standard InChI is InChI=1S/C13H18FN3/c1-4-16-13(2,9-15)10-17(3)12-8-6-5-7-11(12)14/h5-8,16H,4,10H2,1-3H3. The Morgan fingerprint density at radius 3 is 2.65 bits per heavy atom. The van der Waals surface area contributed by atoms with Crippen LogP contribution in [0.4, 0.5) is 10.1 Å². The highest BCUT2D eigenvalue weighted by atomic mass is 19.1. The molecule has 92 valence electrons. The van der Waals surface area contributed by atoms with E-state index in [0.29, 0.717) is 18.8 Å². The molecule has 0 aliphatic heterocycles. The number of likely N-dealkylation sites (N-methyl/N-ethyl adjacent to an activating group) is 2. The smallest absolute Gasteiger partial charge is 0.146 e. The van der Waals surface area contributed by atoms with Crippen LogP contribution in [0.15, 0.2) is 24.3 Å². The van der Waals surface area contributed by atoms with E-state index >= 15 is 0 Å². The Hall–Kier alpha value is -1.60. The molecule has 0 amide bonds. The first-order valence-electron chi connectivity index (χ1n) is 5.64. The first-order valence-corrected chi connectivity index (χ1v) is 5.64. The second-order valence-electron chi connectivity index (χ2n) is 4.28. The van der Waals surface area contributed by atoms with Crippen molar-refractivity contribution in [3.8, 4) is 6.07 Å². The Balaban J connectivity index is 2.82. The van der Waals surface area contributed by atoms with E-state index in [0.717, 1.165) is 0 Å². The second-order valence-corrected chi connectivity index (χ2v) is 4.28. The third-order valence-electron chi connectivity index (χ3n) is 2.63. The van der Waals surface area contributed by atoms with Gasteiger partial charge in [-0.3, -0.25) is 5.32 Å². The number of hydrogen-bond acceptors (Lipinski definition) is 3. The van der Waals surface area contributed by atoms with Crippen molar-refractivity contribution in [3.63, 3.8) is 0 Å². The van der Waals surface area contributed by atoms with Crippen molar-refractivity contribution in [2.24, 2.45) is 0 Å². The summed E-state index contributed by atoms with van der Waals surface area (Å²) in [7, 11) is 1.78. The Morgan fingerprint density at radius 2 is 2.12 bits per heavy atom. The third kappa shape index (κ3) is 3.43. The van der Waals surface area contributed by atoms with Crippen molar-refractivity contribution < 1.29 is 4.39 Å². The largest absolute Gasteiger partial charge is 0.369 e. The fraction of sp³-hybridized carbons (Fsp3) is 0.462. The Bertz CT molecular complexity index is 413. The maximum atomic E-state index is 13.6. The lowest BCUT2D eigenvalue weighted by Crippen LogP contribution is -2.49. The molecule has 0 saturated carbocycles. The predicted octanol–water partition coefficient (Wildman–Crippen LogP) is 2.15. The minimum atomic E-state index is -0.675. The number of nitrogens with zero attached hydrogens (tertiary/aromatic N) is 2. The number of benzene rings is 1. The molecule has 0 saturated heterocycles. The van der Waals surface area contributed by atoms with Crippen LogP contribution in [0.5, 0.6) is 0 Å². The average Bonchev–Trinajstić information content (AvgIpc) is 2.29.